The zero-order chi connectivity index (χ0) is 55.5. The van der Waals surface area contributed by atoms with Gasteiger partial charge in [-0.25, -0.2) is 0 Å². The predicted molar refractivity (Wildman–Crippen MR) is 328 cm³/mol. The van der Waals surface area contributed by atoms with Crippen LogP contribution in [0.25, 0.3) is 21.5 Å². The number of unbranched alkanes of at least 4 members (excludes halogenated alkanes) is 5. The first-order chi connectivity index (χ1) is 36.0. The molecule has 76 heavy (non-hydrogen) atoms. The van der Waals surface area contributed by atoms with Crippen LogP contribution in [-0.2, 0) is 25.2 Å². The van der Waals surface area contributed by atoms with Gasteiger partial charge in [-0.1, -0.05) is 139 Å². The number of allylic oxidation sites excluding steroid dienone is 6. The monoisotopic (exact) mass is 1080 g/mol. The molecule has 0 aromatic heterocycles. The Labute approximate surface area is 469 Å². The molecule has 2 aliphatic rings. The van der Waals surface area contributed by atoms with Gasteiger partial charge in [-0.2, -0.15) is 9.84 Å². The van der Waals surface area contributed by atoms with Gasteiger partial charge < -0.3 is 21.3 Å². The van der Waals surface area contributed by atoms with Crippen molar-refractivity contribution >= 4 is 95.6 Å². The highest BCUT2D eigenvalue weighted by atomic mass is 32.2. The number of hydrogen-bond acceptors (Lipinski definition) is 8. The smallest absolute Gasteiger partial charge is 0.221 e. The van der Waals surface area contributed by atoms with Crippen LogP contribution in [0, 0.1) is 28.1 Å². The van der Waals surface area contributed by atoms with Crippen LogP contribution in [0.5, 0.6) is 0 Å². The average molecular weight is 1080 g/mol. The highest BCUT2D eigenvalue weighted by molar-refractivity contribution is 8.47. The quantitative estimate of drug-likeness (QED) is 0.0245. The SMILES string of the molecule is CCSC(=S)SC(C)(C)C(CC(C)(C)C(C)(C#N)CCC(=O)NCCCCCCNC(=O)CCCCCN1C(=CC=CC=CC2=[N+](C)c3ccc4ccccc4c3C2(C)C)C(C)(C)c2c1ccc1ccccc21)C(N)=O. The van der Waals surface area contributed by atoms with Gasteiger partial charge in [0.05, 0.1) is 22.8 Å². The number of thiocarbonyl (C=S) groups is 1. The van der Waals surface area contributed by atoms with Crippen molar-refractivity contribution in [3.05, 3.63) is 120 Å². The topological polar surface area (TPSA) is 131 Å². The third-order valence-corrected chi connectivity index (χ3v) is 19.2. The molecule has 0 saturated heterocycles. The number of amides is 3. The molecular formula is C64H85N6O3S3+. The Morgan fingerprint density at radius 2 is 1.37 bits per heavy atom. The Morgan fingerprint density at radius 3 is 1.99 bits per heavy atom. The van der Waals surface area contributed by atoms with Gasteiger partial charge in [-0.15, -0.1) is 23.5 Å². The number of rotatable bonds is 26. The molecule has 0 spiro atoms. The number of anilines is 1. The van der Waals surface area contributed by atoms with Gasteiger partial charge in [0, 0.05) is 71.7 Å². The number of nitrogens with zero attached hydrogens (tertiary/aromatic N) is 3. The molecule has 0 fully saturated rings. The van der Waals surface area contributed by atoms with Gasteiger partial charge in [0.2, 0.25) is 23.4 Å². The van der Waals surface area contributed by atoms with E-state index in [4.69, 9.17) is 18.0 Å². The number of nitrogens with two attached hydrogens (primary N) is 1. The number of benzene rings is 4. The van der Waals surface area contributed by atoms with Crippen LogP contribution in [0.2, 0.25) is 0 Å². The Bertz CT molecular complexity index is 2940. The van der Waals surface area contributed by atoms with E-state index in [0.717, 1.165) is 60.8 Å². The molecule has 406 valence electrons. The maximum atomic E-state index is 12.9. The minimum atomic E-state index is -0.856. The van der Waals surface area contributed by atoms with E-state index >= 15 is 0 Å². The lowest BCUT2D eigenvalue weighted by molar-refractivity contribution is -0.401. The first kappa shape index (κ1) is 60.0. The molecule has 2 heterocycles. The summed E-state index contributed by atoms with van der Waals surface area (Å²) >= 11 is 8.60. The number of nitriles is 1. The third kappa shape index (κ3) is 13.9. The van der Waals surface area contributed by atoms with Crippen LogP contribution in [0.1, 0.15) is 151 Å². The molecule has 9 nitrogen and oxygen atoms in total. The van der Waals surface area contributed by atoms with E-state index in [1.165, 1.54) is 67.2 Å². The largest absolute Gasteiger partial charge is 0.369 e. The number of nitrogens with one attached hydrogen (secondary N) is 2. The highest BCUT2D eigenvalue weighted by Crippen LogP contribution is 2.52. The Hall–Kier alpha value is -5.22. The Kier molecular flexibility index (Phi) is 20.5. The molecule has 0 aliphatic carbocycles. The number of hydrogen-bond donors (Lipinski definition) is 3. The lowest BCUT2D eigenvalue weighted by Crippen LogP contribution is -2.45. The molecule has 2 aliphatic heterocycles. The van der Waals surface area contributed by atoms with Crippen molar-refractivity contribution in [2.24, 2.45) is 22.5 Å². The zero-order valence-electron chi connectivity index (χ0n) is 47.4. The summed E-state index contributed by atoms with van der Waals surface area (Å²) in [6, 6.07) is 28.9. The van der Waals surface area contributed by atoms with Crippen LogP contribution >= 0.6 is 35.7 Å². The van der Waals surface area contributed by atoms with Gasteiger partial charge in [0.15, 0.2) is 5.71 Å². The predicted octanol–water partition coefficient (Wildman–Crippen LogP) is 14.5. The summed E-state index contributed by atoms with van der Waals surface area (Å²) in [6.45, 7) is 23.3. The number of fused-ring (bicyclic) bond motifs is 6. The lowest BCUT2D eigenvalue weighted by Gasteiger charge is -2.44. The van der Waals surface area contributed by atoms with Gasteiger partial charge in [0.1, 0.15) is 10.6 Å². The maximum Gasteiger partial charge on any atom is 0.221 e. The van der Waals surface area contributed by atoms with Crippen LogP contribution in [0.15, 0.2) is 109 Å². The van der Waals surface area contributed by atoms with Gasteiger partial charge >= 0.3 is 0 Å². The molecule has 3 amide bonds. The van der Waals surface area contributed by atoms with Crippen molar-refractivity contribution in [3.8, 4) is 6.07 Å². The van der Waals surface area contributed by atoms with Crippen molar-refractivity contribution in [3.63, 3.8) is 0 Å². The molecule has 0 saturated carbocycles. The average Bonchev–Trinajstić information content (AvgIpc) is 3.74. The van der Waals surface area contributed by atoms with Crippen LogP contribution in [-0.4, -0.2) is 68.7 Å². The van der Waals surface area contributed by atoms with E-state index in [-0.39, 0.29) is 29.1 Å². The standard InChI is InChI=1S/C64H84N6O3S3/c1-12-75-59(74)76-63(8,9)49(58(66)73)43-60(2,3)64(10,44-65)39-38-55(72)68-41-25-14-13-24-40-67-54(71)33-19-16-26-42-70-51-37-35-46-28-21-23-30-48(46)57(51)62(6,7)53(70)32-18-15-17-31-52-61(4,5)56-47-29-22-20-27-45(47)34-36-50(56)69(52)11/h15,17-18,20-23,27-32,34-37,49H,12-14,16,19,24-26,33,38-43H2,1-11H3,(H3-,66,67,68,71,72,73)/p+1. The van der Waals surface area contributed by atoms with Crippen LogP contribution in [0.3, 0.4) is 0 Å². The molecule has 2 unspecified atom stereocenters. The number of primary amides is 1. The minimum absolute atomic E-state index is 0.0816. The normalized spacial score (nSPS) is 16.8. The van der Waals surface area contributed by atoms with E-state index < -0.39 is 27.4 Å². The summed E-state index contributed by atoms with van der Waals surface area (Å²) in [4.78, 5) is 41.1. The minimum Gasteiger partial charge on any atom is -0.369 e. The number of thioether (sulfide) groups is 2. The Morgan fingerprint density at radius 1 is 0.776 bits per heavy atom. The van der Waals surface area contributed by atoms with E-state index in [9.17, 15) is 19.6 Å². The van der Waals surface area contributed by atoms with Crippen LogP contribution < -0.4 is 21.3 Å². The van der Waals surface area contributed by atoms with E-state index in [1.807, 2.05) is 41.5 Å². The number of carbonyl (C=O) groups excluding carboxylic acids is 3. The molecular weight excluding hydrogens is 997 g/mol. The fourth-order valence-electron chi connectivity index (χ4n) is 11.6. The maximum absolute atomic E-state index is 12.9. The Balaban J connectivity index is 0.919. The van der Waals surface area contributed by atoms with E-state index in [2.05, 4.69) is 164 Å². The summed E-state index contributed by atoms with van der Waals surface area (Å²) < 4.78 is 2.57. The molecule has 4 N–H and O–H groups in total. The summed E-state index contributed by atoms with van der Waals surface area (Å²) in [5.41, 5.74) is 12.0. The van der Waals surface area contributed by atoms with Gasteiger partial charge in [-0.05, 0) is 130 Å². The summed E-state index contributed by atoms with van der Waals surface area (Å²) in [6.07, 6.45) is 19.0. The van der Waals surface area contributed by atoms with Crippen molar-refractivity contribution in [2.75, 3.05) is 37.3 Å². The highest BCUT2D eigenvalue weighted by Gasteiger charge is 2.48. The summed E-state index contributed by atoms with van der Waals surface area (Å²) in [5.74, 6) is -0.0491. The molecule has 4 aromatic carbocycles. The first-order valence-corrected chi connectivity index (χ1v) is 29.8. The summed E-state index contributed by atoms with van der Waals surface area (Å²) in [5, 5.41) is 21.7. The van der Waals surface area contributed by atoms with Crippen molar-refractivity contribution in [1.82, 2.24) is 10.6 Å². The van der Waals surface area contributed by atoms with E-state index in [0.29, 0.717) is 32.4 Å². The van der Waals surface area contributed by atoms with Crippen molar-refractivity contribution in [2.45, 2.75) is 155 Å². The number of carbonyl (C=O) groups is 3. The fourth-order valence-corrected chi connectivity index (χ4v) is 14.8. The molecule has 12 heteroatoms. The zero-order valence-corrected chi connectivity index (χ0v) is 49.8. The second-order valence-electron chi connectivity index (χ2n) is 23.3. The molecule has 0 radical (unpaired) electrons. The lowest BCUT2D eigenvalue weighted by atomic mass is 9.60. The molecule has 6 rings (SSSR count). The van der Waals surface area contributed by atoms with Crippen molar-refractivity contribution in [1.29, 1.82) is 5.26 Å². The molecule has 2 atom stereocenters. The summed E-state index contributed by atoms with van der Waals surface area (Å²) in [7, 11) is 2.18. The molecule has 0 bridgehead atoms. The first-order valence-electron chi connectivity index (χ1n) is 27.6. The fraction of sp³-hybridized carbons (Fsp3) is 0.500. The van der Waals surface area contributed by atoms with Crippen molar-refractivity contribution < 1.29 is 19.0 Å². The van der Waals surface area contributed by atoms with E-state index in [1.54, 1.807) is 11.8 Å². The third-order valence-electron chi connectivity index (χ3n) is 16.5. The van der Waals surface area contributed by atoms with Gasteiger partial charge in [-0.3, -0.25) is 14.4 Å². The second kappa shape index (κ2) is 26.0. The second-order valence-corrected chi connectivity index (χ2v) is 27.4. The van der Waals surface area contributed by atoms with Crippen LogP contribution in [0.4, 0.5) is 11.4 Å². The molecule has 4 aromatic rings. The van der Waals surface area contributed by atoms with Gasteiger partial charge in [0.25, 0.3) is 0 Å².